The Labute approximate surface area is 203 Å². The summed E-state index contributed by atoms with van der Waals surface area (Å²) in [6, 6.07) is 9.83. The maximum Gasteiger partial charge on any atom is 0.271 e. The summed E-state index contributed by atoms with van der Waals surface area (Å²) < 4.78 is 0. The van der Waals surface area contributed by atoms with E-state index in [4.69, 9.17) is 5.21 Å². The molecule has 2 atom stereocenters. The van der Waals surface area contributed by atoms with Gasteiger partial charge in [-0.1, -0.05) is 29.4 Å². The molecule has 1 fully saturated rings. The number of oxime groups is 1. The van der Waals surface area contributed by atoms with Crippen LogP contribution in [0.2, 0.25) is 0 Å². The number of carbonyl (C=O) groups is 2. The average molecular weight is 482 g/mol. The largest absolute Gasteiger partial charge is 0.410 e. The molecule has 186 valence electrons. The van der Waals surface area contributed by atoms with Gasteiger partial charge >= 0.3 is 0 Å². The van der Waals surface area contributed by atoms with Crippen LogP contribution in [0.5, 0.6) is 0 Å². The second-order valence-electron chi connectivity index (χ2n) is 8.97. The Hall–Kier alpha value is -3.57. The summed E-state index contributed by atoms with van der Waals surface area (Å²) in [5.74, 6) is -0.229. The SMILES string of the molecule is CC(=NO)C(=O)N1CCC(Nc2cc(C(=O)NC[C@H](O)CN3CCc4ccccc4C3)ncn2)C1. The molecule has 1 saturated heterocycles. The summed E-state index contributed by atoms with van der Waals surface area (Å²) in [5, 5.41) is 28.2. The number of nitrogens with zero attached hydrogens (tertiary/aromatic N) is 5. The molecule has 0 radical (unpaired) electrons. The molecule has 2 aliphatic heterocycles. The van der Waals surface area contributed by atoms with Crippen LogP contribution in [0.3, 0.4) is 0 Å². The zero-order valence-corrected chi connectivity index (χ0v) is 19.7. The Morgan fingerprint density at radius 3 is 2.83 bits per heavy atom. The fraction of sp³-hybridized carbons (Fsp3) is 0.458. The molecule has 1 aromatic carbocycles. The summed E-state index contributed by atoms with van der Waals surface area (Å²) >= 11 is 0. The van der Waals surface area contributed by atoms with Crippen LogP contribution in [-0.4, -0.2) is 92.5 Å². The van der Waals surface area contributed by atoms with E-state index in [0.717, 1.165) is 19.5 Å². The van der Waals surface area contributed by atoms with Crippen LogP contribution in [0.15, 0.2) is 41.8 Å². The van der Waals surface area contributed by atoms with Gasteiger partial charge in [0.05, 0.1) is 6.10 Å². The third kappa shape index (κ3) is 6.31. The molecule has 0 spiro atoms. The van der Waals surface area contributed by atoms with Crippen LogP contribution in [-0.2, 0) is 17.8 Å². The summed E-state index contributed by atoms with van der Waals surface area (Å²) in [5.41, 5.74) is 2.86. The van der Waals surface area contributed by atoms with Crippen LogP contribution in [0.1, 0.15) is 35.0 Å². The molecule has 11 nitrogen and oxygen atoms in total. The smallest absolute Gasteiger partial charge is 0.271 e. The third-order valence-corrected chi connectivity index (χ3v) is 6.36. The second-order valence-corrected chi connectivity index (χ2v) is 8.97. The highest BCUT2D eigenvalue weighted by Crippen LogP contribution is 2.18. The number of rotatable bonds is 8. The molecule has 3 heterocycles. The van der Waals surface area contributed by atoms with Gasteiger partial charge in [0.25, 0.3) is 11.8 Å². The van der Waals surface area contributed by atoms with Crippen molar-refractivity contribution in [1.82, 2.24) is 25.1 Å². The van der Waals surface area contributed by atoms with Crippen molar-refractivity contribution in [2.75, 3.05) is 38.0 Å². The van der Waals surface area contributed by atoms with E-state index < -0.39 is 12.0 Å². The monoisotopic (exact) mass is 481 g/mol. The lowest BCUT2D eigenvalue weighted by Crippen LogP contribution is -2.42. The number of likely N-dealkylation sites (tertiary alicyclic amines) is 1. The van der Waals surface area contributed by atoms with E-state index in [1.54, 1.807) is 11.0 Å². The van der Waals surface area contributed by atoms with Crippen molar-refractivity contribution in [2.45, 2.75) is 38.5 Å². The third-order valence-electron chi connectivity index (χ3n) is 6.36. The Bertz CT molecular complexity index is 1090. The number of aromatic nitrogens is 2. The number of benzene rings is 1. The number of aliphatic hydroxyl groups is 1. The molecule has 11 heteroatoms. The van der Waals surface area contributed by atoms with Gasteiger partial charge in [0.15, 0.2) is 0 Å². The van der Waals surface area contributed by atoms with Crippen molar-refractivity contribution in [2.24, 2.45) is 5.16 Å². The standard InChI is InChI=1S/C24H31N7O4/c1-16(29-35)24(34)31-9-7-19(13-31)28-22-10-21(26-15-27-22)23(33)25-11-20(32)14-30-8-6-17-4-2-3-5-18(17)12-30/h2-5,10,15,19-20,32,35H,6-9,11-14H2,1H3,(H,25,33)(H,26,27,28)/t19?,20-/m0/s1. The molecular formula is C24H31N7O4. The molecule has 2 aromatic rings. The van der Waals surface area contributed by atoms with E-state index in [-0.39, 0.29) is 29.9 Å². The van der Waals surface area contributed by atoms with Crippen LogP contribution < -0.4 is 10.6 Å². The van der Waals surface area contributed by atoms with Gasteiger partial charge in [-0.05, 0) is 30.9 Å². The molecule has 1 aromatic heterocycles. The Morgan fingerprint density at radius 1 is 1.23 bits per heavy atom. The summed E-state index contributed by atoms with van der Waals surface area (Å²) in [7, 11) is 0. The number of anilines is 1. The van der Waals surface area contributed by atoms with Crippen LogP contribution in [0.25, 0.3) is 0 Å². The Balaban J connectivity index is 1.24. The van der Waals surface area contributed by atoms with Crippen molar-refractivity contribution in [3.05, 3.63) is 53.5 Å². The lowest BCUT2D eigenvalue weighted by atomic mass is 10.00. The topological polar surface area (TPSA) is 143 Å². The summed E-state index contributed by atoms with van der Waals surface area (Å²) in [6.45, 7) is 4.68. The molecule has 1 unspecified atom stereocenters. The van der Waals surface area contributed by atoms with Crippen molar-refractivity contribution in [3.63, 3.8) is 0 Å². The number of hydrogen-bond acceptors (Lipinski definition) is 9. The normalized spacial score (nSPS) is 19.2. The van der Waals surface area contributed by atoms with E-state index in [1.165, 1.54) is 24.4 Å². The molecular weight excluding hydrogens is 450 g/mol. The molecule has 0 bridgehead atoms. The van der Waals surface area contributed by atoms with Gasteiger partial charge in [-0.25, -0.2) is 9.97 Å². The molecule has 2 aliphatic rings. The first-order chi connectivity index (χ1) is 16.9. The van der Waals surface area contributed by atoms with Gasteiger partial charge in [-0.2, -0.15) is 0 Å². The zero-order valence-electron chi connectivity index (χ0n) is 19.7. The highest BCUT2D eigenvalue weighted by atomic mass is 16.4. The van der Waals surface area contributed by atoms with Crippen molar-refractivity contribution >= 4 is 23.3 Å². The number of carbonyl (C=O) groups excluding carboxylic acids is 2. The zero-order chi connectivity index (χ0) is 24.8. The van der Waals surface area contributed by atoms with Gasteiger partial charge in [0, 0.05) is 51.4 Å². The minimum Gasteiger partial charge on any atom is -0.410 e. The van der Waals surface area contributed by atoms with E-state index in [1.807, 2.05) is 12.1 Å². The molecule has 35 heavy (non-hydrogen) atoms. The first-order valence-electron chi connectivity index (χ1n) is 11.7. The Kier molecular flexibility index (Phi) is 7.88. The fourth-order valence-corrected chi connectivity index (χ4v) is 4.48. The molecule has 4 N–H and O–H groups in total. The van der Waals surface area contributed by atoms with E-state index >= 15 is 0 Å². The number of nitrogens with one attached hydrogen (secondary N) is 2. The molecule has 2 amide bonds. The number of β-amino-alcohol motifs (C(OH)–C–C–N with tert-alkyl or cyclic N) is 1. The highest BCUT2D eigenvalue weighted by molar-refractivity contribution is 6.37. The van der Waals surface area contributed by atoms with Gasteiger partial charge < -0.3 is 25.8 Å². The van der Waals surface area contributed by atoms with E-state index in [0.29, 0.717) is 31.9 Å². The maximum absolute atomic E-state index is 12.6. The van der Waals surface area contributed by atoms with Crippen LogP contribution >= 0.6 is 0 Å². The summed E-state index contributed by atoms with van der Waals surface area (Å²) in [4.78, 5) is 36.7. The Morgan fingerprint density at radius 2 is 2.03 bits per heavy atom. The van der Waals surface area contributed by atoms with Gasteiger partial charge in [-0.15, -0.1) is 0 Å². The van der Waals surface area contributed by atoms with Gasteiger partial charge in [0.2, 0.25) is 0 Å². The minimum atomic E-state index is -0.698. The lowest BCUT2D eigenvalue weighted by molar-refractivity contribution is -0.123. The number of hydrogen-bond donors (Lipinski definition) is 4. The highest BCUT2D eigenvalue weighted by Gasteiger charge is 2.28. The van der Waals surface area contributed by atoms with Gasteiger partial charge in [-0.3, -0.25) is 14.5 Å². The predicted octanol–water partition coefficient (Wildman–Crippen LogP) is 0.489. The number of amides is 2. The maximum atomic E-state index is 12.6. The molecule has 0 aliphatic carbocycles. The first kappa shape index (κ1) is 24.6. The lowest BCUT2D eigenvalue weighted by Gasteiger charge is -2.30. The predicted molar refractivity (Wildman–Crippen MR) is 129 cm³/mol. The van der Waals surface area contributed by atoms with Crippen LogP contribution in [0.4, 0.5) is 5.82 Å². The second kappa shape index (κ2) is 11.2. The fourth-order valence-electron chi connectivity index (χ4n) is 4.48. The molecule has 4 rings (SSSR count). The minimum absolute atomic E-state index is 0.0407. The number of aliphatic hydroxyl groups excluding tert-OH is 1. The van der Waals surface area contributed by atoms with Crippen molar-refractivity contribution in [1.29, 1.82) is 0 Å². The van der Waals surface area contributed by atoms with Crippen molar-refractivity contribution in [3.8, 4) is 0 Å². The summed E-state index contributed by atoms with van der Waals surface area (Å²) in [6.07, 6.45) is 2.26. The first-order valence-corrected chi connectivity index (χ1v) is 11.7. The molecule has 0 saturated carbocycles. The van der Waals surface area contributed by atoms with E-state index in [9.17, 15) is 14.7 Å². The number of fused-ring (bicyclic) bond motifs is 1. The average Bonchev–Trinajstić information content (AvgIpc) is 3.34. The van der Waals surface area contributed by atoms with E-state index in [2.05, 4.69) is 42.8 Å². The quantitative estimate of drug-likeness (QED) is 0.242. The van der Waals surface area contributed by atoms with Crippen molar-refractivity contribution < 1.29 is 19.9 Å². The van der Waals surface area contributed by atoms with Gasteiger partial charge in [0.1, 0.15) is 23.6 Å². The van der Waals surface area contributed by atoms with Crippen LogP contribution in [0, 0.1) is 0 Å².